The van der Waals surface area contributed by atoms with Crippen LogP contribution in [0.4, 0.5) is 13.2 Å². The highest BCUT2D eigenvalue weighted by Gasteiger charge is 2.50. The Kier molecular flexibility index (Phi) is 4.97. The van der Waals surface area contributed by atoms with Crippen LogP contribution in [-0.4, -0.2) is 19.1 Å². The van der Waals surface area contributed by atoms with Crippen molar-refractivity contribution in [3.8, 4) is 5.75 Å². The first-order valence-corrected chi connectivity index (χ1v) is 8.08. The summed E-state index contributed by atoms with van der Waals surface area (Å²) < 4.78 is 41.5. The van der Waals surface area contributed by atoms with Gasteiger partial charge in [0.15, 0.2) is 0 Å². The summed E-state index contributed by atoms with van der Waals surface area (Å²) in [5, 5.41) is 2.91. The summed E-state index contributed by atoms with van der Waals surface area (Å²) in [5.41, 5.74) is 1.20. The van der Waals surface area contributed by atoms with E-state index < -0.39 is 12.0 Å². The molecule has 3 nitrogen and oxygen atoms in total. The molecule has 0 unspecified atom stereocenters. The molecule has 0 saturated heterocycles. The minimum Gasteiger partial charge on any atom is -0.435 e. The number of nitrogens with one attached hydrogen (secondary N) is 1. The molecule has 2 aromatic carbocycles. The third kappa shape index (κ3) is 4.13. The molecule has 132 valence electrons. The summed E-state index contributed by atoms with van der Waals surface area (Å²) in [7, 11) is 0. The molecule has 25 heavy (non-hydrogen) atoms. The largest absolute Gasteiger partial charge is 0.435 e. The van der Waals surface area contributed by atoms with Crippen LogP contribution in [0.1, 0.15) is 24.0 Å². The van der Waals surface area contributed by atoms with Crippen molar-refractivity contribution in [3.05, 3.63) is 65.5 Å². The van der Waals surface area contributed by atoms with E-state index in [0.717, 1.165) is 24.0 Å². The van der Waals surface area contributed by atoms with Gasteiger partial charge in [-0.05, 0) is 54.7 Å². The number of benzene rings is 2. The Morgan fingerprint density at radius 3 is 2.28 bits per heavy atom. The van der Waals surface area contributed by atoms with Gasteiger partial charge in [0.25, 0.3) is 0 Å². The lowest BCUT2D eigenvalue weighted by molar-refractivity contribution is -0.123. The Hall–Kier alpha value is -2.50. The fourth-order valence-corrected chi connectivity index (χ4v) is 2.87. The lowest BCUT2D eigenvalue weighted by Gasteiger charge is -2.16. The second-order valence-electron chi connectivity index (χ2n) is 6.12. The maximum atomic E-state index is 13.0. The SMILES string of the molecule is O=C(NCCc1ccc(OC(F)F)cc1)C1(c2ccc(F)cc2)CC1. The van der Waals surface area contributed by atoms with Crippen molar-refractivity contribution in [3.63, 3.8) is 0 Å². The molecule has 1 fully saturated rings. The topological polar surface area (TPSA) is 38.3 Å². The number of hydrogen-bond acceptors (Lipinski definition) is 2. The van der Waals surface area contributed by atoms with Gasteiger partial charge in [-0.15, -0.1) is 0 Å². The number of ether oxygens (including phenoxy) is 1. The average molecular weight is 349 g/mol. The van der Waals surface area contributed by atoms with E-state index in [0.29, 0.717) is 13.0 Å². The van der Waals surface area contributed by atoms with E-state index in [1.165, 1.54) is 24.3 Å². The maximum absolute atomic E-state index is 13.0. The highest BCUT2D eigenvalue weighted by atomic mass is 19.3. The van der Waals surface area contributed by atoms with Crippen LogP contribution in [-0.2, 0) is 16.6 Å². The number of hydrogen-bond donors (Lipinski definition) is 1. The van der Waals surface area contributed by atoms with E-state index in [4.69, 9.17) is 0 Å². The standard InChI is InChI=1S/C19H18F3NO2/c20-15-5-3-14(4-6-15)19(10-11-19)17(24)23-12-9-13-1-7-16(8-2-13)25-18(21)22/h1-8,18H,9-12H2,(H,23,24). The molecular formula is C19H18F3NO2. The van der Waals surface area contributed by atoms with E-state index >= 15 is 0 Å². The van der Waals surface area contributed by atoms with Crippen LogP contribution < -0.4 is 10.1 Å². The molecule has 0 aliphatic heterocycles. The Balaban J connectivity index is 1.52. The van der Waals surface area contributed by atoms with Gasteiger partial charge in [-0.2, -0.15) is 8.78 Å². The second kappa shape index (κ2) is 7.17. The molecule has 3 rings (SSSR count). The number of carbonyl (C=O) groups excluding carboxylic acids is 1. The van der Waals surface area contributed by atoms with Crippen molar-refractivity contribution < 1.29 is 22.7 Å². The Morgan fingerprint density at radius 1 is 1.08 bits per heavy atom. The zero-order valence-electron chi connectivity index (χ0n) is 13.5. The van der Waals surface area contributed by atoms with Gasteiger partial charge < -0.3 is 10.1 Å². The highest BCUT2D eigenvalue weighted by molar-refractivity contribution is 5.91. The summed E-state index contributed by atoms with van der Waals surface area (Å²) in [6.45, 7) is -2.40. The van der Waals surface area contributed by atoms with Gasteiger partial charge in [-0.25, -0.2) is 4.39 Å². The molecule has 0 atom stereocenters. The van der Waals surface area contributed by atoms with E-state index in [2.05, 4.69) is 10.1 Å². The second-order valence-corrected chi connectivity index (χ2v) is 6.12. The molecule has 1 N–H and O–H groups in total. The zero-order chi connectivity index (χ0) is 17.9. The summed E-state index contributed by atoms with van der Waals surface area (Å²) in [6.07, 6.45) is 2.09. The molecule has 0 radical (unpaired) electrons. The lowest BCUT2D eigenvalue weighted by Crippen LogP contribution is -2.35. The number of rotatable bonds is 7. The molecule has 0 bridgehead atoms. The van der Waals surface area contributed by atoms with Crippen LogP contribution in [0.5, 0.6) is 5.75 Å². The molecule has 1 amide bonds. The van der Waals surface area contributed by atoms with Gasteiger partial charge in [0, 0.05) is 6.54 Å². The van der Waals surface area contributed by atoms with Crippen LogP contribution in [0.3, 0.4) is 0 Å². The zero-order valence-corrected chi connectivity index (χ0v) is 13.5. The normalized spacial score (nSPS) is 15.0. The van der Waals surface area contributed by atoms with Gasteiger partial charge in [0.1, 0.15) is 11.6 Å². The summed E-state index contributed by atoms with van der Waals surface area (Å²) in [4.78, 5) is 12.5. The number of halogens is 3. The molecular weight excluding hydrogens is 331 g/mol. The van der Waals surface area contributed by atoms with Crippen LogP contribution >= 0.6 is 0 Å². The van der Waals surface area contributed by atoms with E-state index in [9.17, 15) is 18.0 Å². The van der Waals surface area contributed by atoms with Crippen molar-refractivity contribution >= 4 is 5.91 Å². The first kappa shape index (κ1) is 17.3. The fraction of sp³-hybridized carbons (Fsp3) is 0.316. The molecule has 1 saturated carbocycles. The summed E-state index contributed by atoms with van der Waals surface area (Å²) >= 11 is 0. The average Bonchev–Trinajstić information content (AvgIpc) is 3.38. The van der Waals surface area contributed by atoms with Crippen LogP contribution in [0.2, 0.25) is 0 Å². The van der Waals surface area contributed by atoms with Gasteiger partial charge in [0.2, 0.25) is 5.91 Å². The first-order valence-electron chi connectivity index (χ1n) is 8.08. The van der Waals surface area contributed by atoms with Gasteiger partial charge in [-0.3, -0.25) is 4.79 Å². The lowest BCUT2D eigenvalue weighted by atomic mass is 9.95. The number of amides is 1. The number of carbonyl (C=O) groups is 1. The van der Waals surface area contributed by atoms with Crippen molar-refractivity contribution in [2.24, 2.45) is 0 Å². The Morgan fingerprint density at radius 2 is 1.72 bits per heavy atom. The quantitative estimate of drug-likeness (QED) is 0.825. The summed E-state index contributed by atoms with van der Waals surface area (Å²) in [5.74, 6) is -0.271. The van der Waals surface area contributed by atoms with Crippen LogP contribution in [0.15, 0.2) is 48.5 Å². The van der Waals surface area contributed by atoms with Crippen molar-refractivity contribution in [2.75, 3.05) is 6.54 Å². The molecule has 6 heteroatoms. The monoisotopic (exact) mass is 349 g/mol. The number of alkyl halides is 2. The van der Waals surface area contributed by atoms with Crippen molar-refractivity contribution in [1.82, 2.24) is 5.32 Å². The molecule has 0 aromatic heterocycles. The van der Waals surface area contributed by atoms with E-state index in [1.54, 1.807) is 24.3 Å². The van der Waals surface area contributed by atoms with Crippen molar-refractivity contribution in [1.29, 1.82) is 0 Å². The molecule has 2 aromatic rings. The molecule has 1 aliphatic carbocycles. The Bertz CT molecular complexity index is 725. The maximum Gasteiger partial charge on any atom is 0.387 e. The van der Waals surface area contributed by atoms with Crippen molar-refractivity contribution in [2.45, 2.75) is 31.3 Å². The van der Waals surface area contributed by atoms with Gasteiger partial charge in [0.05, 0.1) is 5.41 Å². The fourth-order valence-electron chi connectivity index (χ4n) is 2.87. The Labute approximate surface area is 143 Å². The minimum absolute atomic E-state index is 0.0586. The molecule has 0 heterocycles. The third-order valence-electron chi connectivity index (χ3n) is 4.43. The minimum atomic E-state index is -2.84. The summed E-state index contributed by atoms with van der Waals surface area (Å²) in [6, 6.07) is 12.4. The predicted octanol–water partition coefficient (Wildman–Crippen LogP) is 3.82. The van der Waals surface area contributed by atoms with E-state index in [-0.39, 0.29) is 17.5 Å². The predicted molar refractivity (Wildman–Crippen MR) is 87.1 cm³/mol. The first-order chi connectivity index (χ1) is 12.0. The molecule has 1 aliphatic rings. The third-order valence-corrected chi connectivity index (χ3v) is 4.43. The molecule has 0 spiro atoms. The van der Waals surface area contributed by atoms with Gasteiger partial charge in [-0.1, -0.05) is 24.3 Å². The van der Waals surface area contributed by atoms with E-state index in [1.807, 2.05) is 0 Å². The highest BCUT2D eigenvalue weighted by Crippen LogP contribution is 2.48. The van der Waals surface area contributed by atoms with Crippen LogP contribution in [0.25, 0.3) is 0 Å². The van der Waals surface area contributed by atoms with Crippen LogP contribution in [0, 0.1) is 5.82 Å². The van der Waals surface area contributed by atoms with Gasteiger partial charge >= 0.3 is 6.61 Å². The smallest absolute Gasteiger partial charge is 0.387 e.